The van der Waals surface area contributed by atoms with Crippen LogP contribution in [0.1, 0.15) is 19.8 Å². The fourth-order valence-electron chi connectivity index (χ4n) is 3.21. The van der Waals surface area contributed by atoms with Crippen molar-refractivity contribution in [3.05, 3.63) is 42.7 Å². The Morgan fingerprint density at radius 3 is 2.73 bits per heavy atom. The summed E-state index contributed by atoms with van der Waals surface area (Å²) in [6.07, 6.45) is 5.02. The summed E-state index contributed by atoms with van der Waals surface area (Å²) >= 11 is 0. The molecule has 0 aliphatic heterocycles. The Labute approximate surface area is 151 Å². The van der Waals surface area contributed by atoms with Crippen LogP contribution >= 0.6 is 0 Å². The molecule has 8 heteroatoms. The third kappa shape index (κ3) is 4.20. The Bertz CT molecular complexity index is 756. The molecule has 1 aliphatic carbocycles. The zero-order valence-electron chi connectivity index (χ0n) is 14.6. The lowest BCUT2D eigenvalue weighted by atomic mass is 9.85. The van der Waals surface area contributed by atoms with E-state index in [2.05, 4.69) is 15.7 Å². The molecule has 1 aromatic heterocycles. The maximum atomic E-state index is 12.3. The summed E-state index contributed by atoms with van der Waals surface area (Å²) in [5.41, 5.74) is 1.46. The first-order chi connectivity index (χ1) is 12.6. The summed E-state index contributed by atoms with van der Waals surface area (Å²) in [6, 6.07) is 9.26. The number of hydrogen-bond acceptors (Lipinski definition) is 4. The second-order valence-electron chi connectivity index (χ2n) is 6.35. The molecule has 0 atom stereocenters. The average Bonchev–Trinajstić information content (AvgIpc) is 3.10. The molecular formula is C18H23N5O3. The highest BCUT2D eigenvalue weighted by Crippen LogP contribution is 2.26. The predicted molar refractivity (Wildman–Crippen MR) is 97.4 cm³/mol. The number of rotatable bonds is 7. The van der Waals surface area contributed by atoms with Gasteiger partial charge in [0.05, 0.1) is 17.9 Å². The minimum atomic E-state index is -0.823. The topological polar surface area (TPSA) is 99.5 Å². The maximum absolute atomic E-state index is 12.3. The Balaban J connectivity index is 1.53. The summed E-state index contributed by atoms with van der Waals surface area (Å²) in [5, 5.41) is 18.9. The van der Waals surface area contributed by atoms with Gasteiger partial charge in [0.2, 0.25) is 0 Å². The van der Waals surface area contributed by atoms with Crippen molar-refractivity contribution < 1.29 is 14.7 Å². The summed E-state index contributed by atoms with van der Waals surface area (Å²) in [6.45, 7) is 2.67. The molecule has 2 amide bonds. The summed E-state index contributed by atoms with van der Waals surface area (Å²) in [4.78, 5) is 25.1. The van der Waals surface area contributed by atoms with Gasteiger partial charge >= 0.3 is 12.0 Å². The molecule has 0 spiro atoms. The number of carbonyl (C=O) groups excluding carboxylic acids is 1. The Morgan fingerprint density at radius 2 is 2.08 bits per heavy atom. The highest BCUT2D eigenvalue weighted by atomic mass is 16.4. The molecule has 1 aromatic carbocycles. The number of likely N-dealkylation sites (N-methyl/N-ethyl adjacent to an activating group) is 1. The van der Waals surface area contributed by atoms with Gasteiger partial charge in [0.15, 0.2) is 0 Å². The van der Waals surface area contributed by atoms with E-state index < -0.39 is 5.97 Å². The molecule has 1 fully saturated rings. The standard InChI is InChI=1S/C18H23N5O3/c1-2-22(12-17(24)25)14-10-13(11-14)20-18(26)21-15-6-3-4-7-16(15)23-9-5-8-19-23/h3-9,13-14H,2,10-12H2,1H3,(H,24,25)(H2,20,21,26). The van der Waals surface area contributed by atoms with Crippen molar-refractivity contribution in [2.45, 2.75) is 31.8 Å². The highest BCUT2D eigenvalue weighted by molar-refractivity contribution is 5.91. The van der Waals surface area contributed by atoms with Gasteiger partial charge in [-0.15, -0.1) is 0 Å². The molecule has 1 heterocycles. The van der Waals surface area contributed by atoms with Crippen LogP contribution < -0.4 is 10.6 Å². The van der Waals surface area contributed by atoms with Crippen molar-refractivity contribution in [2.24, 2.45) is 0 Å². The number of carbonyl (C=O) groups is 2. The number of nitrogens with one attached hydrogen (secondary N) is 2. The number of benzene rings is 1. The number of para-hydroxylation sites is 2. The van der Waals surface area contributed by atoms with Crippen LogP contribution in [0.4, 0.5) is 10.5 Å². The number of urea groups is 1. The van der Waals surface area contributed by atoms with Crippen molar-refractivity contribution >= 4 is 17.7 Å². The van der Waals surface area contributed by atoms with Crippen LogP contribution in [0.25, 0.3) is 5.69 Å². The molecule has 0 saturated heterocycles. The van der Waals surface area contributed by atoms with E-state index in [1.807, 2.05) is 48.4 Å². The summed E-state index contributed by atoms with van der Waals surface area (Å²) in [7, 11) is 0. The quantitative estimate of drug-likeness (QED) is 0.703. The maximum Gasteiger partial charge on any atom is 0.319 e. The van der Waals surface area contributed by atoms with Gasteiger partial charge in [-0.2, -0.15) is 5.10 Å². The van der Waals surface area contributed by atoms with Crippen molar-refractivity contribution in [1.82, 2.24) is 20.0 Å². The zero-order chi connectivity index (χ0) is 18.5. The zero-order valence-corrected chi connectivity index (χ0v) is 14.6. The molecule has 8 nitrogen and oxygen atoms in total. The minimum absolute atomic E-state index is 0.0390. The van der Waals surface area contributed by atoms with Crippen LogP contribution in [-0.4, -0.2) is 57.0 Å². The molecule has 2 aromatic rings. The fraction of sp³-hybridized carbons (Fsp3) is 0.389. The number of nitrogens with zero attached hydrogens (tertiary/aromatic N) is 3. The highest BCUT2D eigenvalue weighted by Gasteiger charge is 2.34. The van der Waals surface area contributed by atoms with Gasteiger partial charge in [-0.25, -0.2) is 9.48 Å². The number of carboxylic acid groups (broad SMARTS) is 1. The van der Waals surface area contributed by atoms with Crippen LogP contribution in [0.15, 0.2) is 42.7 Å². The third-order valence-corrected chi connectivity index (χ3v) is 4.61. The van der Waals surface area contributed by atoms with Gasteiger partial charge in [0, 0.05) is 24.5 Å². The molecule has 1 saturated carbocycles. The summed E-state index contributed by atoms with van der Waals surface area (Å²) in [5.74, 6) is -0.823. The molecule has 3 rings (SSSR count). The second-order valence-corrected chi connectivity index (χ2v) is 6.35. The van der Waals surface area contributed by atoms with E-state index in [1.54, 1.807) is 10.9 Å². The Kier molecular flexibility index (Phi) is 5.52. The van der Waals surface area contributed by atoms with Crippen molar-refractivity contribution in [1.29, 1.82) is 0 Å². The number of anilines is 1. The van der Waals surface area contributed by atoms with Gasteiger partial charge < -0.3 is 15.7 Å². The fourth-order valence-corrected chi connectivity index (χ4v) is 3.21. The Hall–Kier alpha value is -2.87. The predicted octanol–water partition coefficient (Wildman–Crippen LogP) is 1.93. The number of aliphatic carboxylic acids is 1. The first-order valence-electron chi connectivity index (χ1n) is 8.69. The lowest BCUT2D eigenvalue weighted by Gasteiger charge is -2.42. The van der Waals surface area contributed by atoms with Gasteiger partial charge in [-0.3, -0.25) is 9.69 Å². The van der Waals surface area contributed by atoms with E-state index in [0.717, 1.165) is 18.5 Å². The van der Waals surface area contributed by atoms with E-state index in [0.29, 0.717) is 12.2 Å². The van der Waals surface area contributed by atoms with Crippen molar-refractivity contribution in [2.75, 3.05) is 18.4 Å². The Morgan fingerprint density at radius 1 is 1.31 bits per heavy atom. The first-order valence-corrected chi connectivity index (χ1v) is 8.69. The lowest BCUT2D eigenvalue weighted by molar-refractivity contribution is -0.139. The number of hydrogen-bond donors (Lipinski definition) is 3. The SMILES string of the molecule is CCN(CC(=O)O)C1CC(NC(=O)Nc2ccccc2-n2cccn2)C1. The van der Waals surface area contributed by atoms with E-state index >= 15 is 0 Å². The van der Waals surface area contributed by atoms with Crippen LogP contribution in [-0.2, 0) is 4.79 Å². The van der Waals surface area contributed by atoms with Gasteiger partial charge in [-0.1, -0.05) is 19.1 Å². The largest absolute Gasteiger partial charge is 0.480 e. The molecule has 0 bridgehead atoms. The van der Waals surface area contributed by atoms with E-state index in [9.17, 15) is 9.59 Å². The number of aromatic nitrogens is 2. The molecular weight excluding hydrogens is 334 g/mol. The monoisotopic (exact) mass is 357 g/mol. The van der Waals surface area contributed by atoms with E-state index in [4.69, 9.17) is 5.11 Å². The smallest absolute Gasteiger partial charge is 0.319 e. The number of amides is 2. The molecule has 0 radical (unpaired) electrons. The van der Waals surface area contributed by atoms with E-state index in [-0.39, 0.29) is 24.7 Å². The van der Waals surface area contributed by atoms with Crippen molar-refractivity contribution in [3.63, 3.8) is 0 Å². The molecule has 26 heavy (non-hydrogen) atoms. The second kappa shape index (κ2) is 8.01. The van der Waals surface area contributed by atoms with Crippen LogP contribution in [0.3, 0.4) is 0 Å². The minimum Gasteiger partial charge on any atom is -0.480 e. The van der Waals surface area contributed by atoms with Crippen LogP contribution in [0, 0.1) is 0 Å². The lowest BCUT2D eigenvalue weighted by Crippen LogP contribution is -2.55. The normalized spacial score (nSPS) is 19.0. The van der Waals surface area contributed by atoms with E-state index in [1.165, 1.54) is 0 Å². The van der Waals surface area contributed by atoms with Gasteiger partial charge in [0.1, 0.15) is 0 Å². The summed E-state index contributed by atoms with van der Waals surface area (Å²) < 4.78 is 1.69. The first kappa shape index (κ1) is 17.9. The molecule has 1 aliphatic rings. The van der Waals surface area contributed by atoms with Crippen molar-refractivity contribution in [3.8, 4) is 5.69 Å². The third-order valence-electron chi connectivity index (χ3n) is 4.61. The number of carboxylic acids is 1. The molecule has 0 unspecified atom stereocenters. The van der Waals surface area contributed by atoms with Gasteiger partial charge in [0.25, 0.3) is 0 Å². The average molecular weight is 357 g/mol. The van der Waals surface area contributed by atoms with Crippen LogP contribution in [0.2, 0.25) is 0 Å². The molecule has 3 N–H and O–H groups in total. The van der Waals surface area contributed by atoms with Crippen LogP contribution in [0.5, 0.6) is 0 Å². The van der Waals surface area contributed by atoms with Gasteiger partial charge in [-0.05, 0) is 37.6 Å². The molecule has 138 valence electrons.